The molecule has 1 aromatic rings. The fourth-order valence-corrected chi connectivity index (χ4v) is 2.06. The zero-order valence-electron chi connectivity index (χ0n) is 8.30. The van der Waals surface area contributed by atoms with Gasteiger partial charge in [0.1, 0.15) is 0 Å². The second-order valence-corrected chi connectivity index (χ2v) is 4.82. The third-order valence-corrected chi connectivity index (χ3v) is 3.28. The number of benzene rings is 1. The fourth-order valence-electron chi connectivity index (χ4n) is 1.27. The van der Waals surface area contributed by atoms with E-state index in [4.69, 9.17) is 11.6 Å². The minimum atomic E-state index is -0.472. The highest BCUT2D eigenvalue weighted by Crippen LogP contribution is 2.31. The van der Waals surface area contributed by atoms with Crippen LogP contribution in [-0.2, 0) is 0 Å². The van der Waals surface area contributed by atoms with Gasteiger partial charge in [-0.1, -0.05) is 53.9 Å². The lowest BCUT2D eigenvalue weighted by Crippen LogP contribution is -2.08. The van der Waals surface area contributed by atoms with E-state index in [1.54, 1.807) is 0 Å². The average molecular weight is 278 g/mol. The van der Waals surface area contributed by atoms with Gasteiger partial charge in [-0.2, -0.15) is 0 Å². The lowest BCUT2D eigenvalue weighted by atomic mass is 9.95. The zero-order chi connectivity index (χ0) is 10.7. The van der Waals surface area contributed by atoms with E-state index >= 15 is 0 Å². The summed E-state index contributed by atoms with van der Waals surface area (Å²) in [6, 6.07) is 5.57. The van der Waals surface area contributed by atoms with Gasteiger partial charge in [-0.15, -0.1) is 0 Å². The van der Waals surface area contributed by atoms with Gasteiger partial charge < -0.3 is 5.11 Å². The summed E-state index contributed by atoms with van der Waals surface area (Å²) in [7, 11) is 0. The fraction of sp³-hybridized carbons (Fsp3) is 0.455. The molecule has 0 radical (unpaired) electrons. The van der Waals surface area contributed by atoms with Crippen LogP contribution in [0.4, 0.5) is 0 Å². The molecule has 14 heavy (non-hydrogen) atoms. The molecule has 78 valence electrons. The molecule has 1 N–H and O–H groups in total. The number of rotatable bonds is 3. The van der Waals surface area contributed by atoms with Crippen LogP contribution in [-0.4, -0.2) is 5.11 Å². The summed E-state index contributed by atoms with van der Waals surface area (Å²) in [4.78, 5) is 0. The monoisotopic (exact) mass is 276 g/mol. The van der Waals surface area contributed by atoms with Gasteiger partial charge in [-0.05, 0) is 23.6 Å². The van der Waals surface area contributed by atoms with E-state index in [0.29, 0.717) is 5.02 Å². The van der Waals surface area contributed by atoms with E-state index in [1.807, 2.05) is 25.1 Å². The van der Waals surface area contributed by atoms with Crippen LogP contribution in [0.25, 0.3) is 0 Å². The topological polar surface area (TPSA) is 20.2 Å². The Hall–Kier alpha value is -0.0500. The zero-order valence-corrected chi connectivity index (χ0v) is 10.6. The molecule has 0 aliphatic carbocycles. The van der Waals surface area contributed by atoms with Crippen molar-refractivity contribution in [3.63, 3.8) is 0 Å². The van der Waals surface area contributed by atoms with Crippen molar-refractivity contribution in [2.24, 2.45) is 5.92 Å². The van der Waals surface area contributed by atoms with Gasteiger partial charge in [0.2, 0.25) is 0 Å². The van der Waals surface area contributed by atoms with Crippen molar-refractivity contribution in [3.8, 4) is 0 Å². The smallest absolute Gasteiger partial charge is 0.0829 e. The SMILES string of the molecule is CCC(C)C(O)c1ccc(Br)cc1Cl. The van der Waals surface area contributed by atoms with Crippen molar-refractivity contribution in [2.45, 2.75) is 26.4 Å². The first-order valence-corrected chi connectivity index (χ1v) is 5.86. The van der Waals surface area contributed by atoms with E-state index in [1.165, 1.54) is 0 Å². The summed E-state index contributed by atoms with van der Waals surface area (Å²) in [5.74, 6) is 0.230. The lowest BCUT2D eigenvalue weighted by Gasteiger charge is -2.18. The molecule has 2 unspecified atom stereocenters. The maximum Gasteiger partial charge on any atom is 0.0829 e. The summed E-state index contributed by atoms with van der Waals surface area (Å²) >= 11 is 9.37. The Balaban J connectivity index is 2.95. The third-order valence-electron chi connectivity index (χ3n) is 2.46. The third kappa shape index (κ3) is 2.72. The van der Waals surface area contributed by atoms with E-state index in [-0.39, 0.29) is 5.92 Å². The molecule has 3 heteroatoms. The summed E-state index contributed by atoms with van der Waals surface area (Å²) in [5.41, 5.74) is 0.809. The Kier molecular flexibility index (Phi) is 4.42. The maximum atomic E-state index is 9.96. The normalized spacial score (nSPS) is 15.2. The Morgan fingerprint density at radius 2 is 2.14 bits per heavy atom. The second kappa shape index (κ2) is 5.15. The Morgan fingerprint density at radius 1 is 1.50 bits per heavy atom. The molecular weight excluding hydrogens is 263 g/mol. The highest BCUT2D eigenvalue weighted by molar-refractivity contribution is 9.10. The van der Waals surface area contributed by atoms with Gasteiger partial charge in [-0.25, -0.2) is 0 Å². The lowest BCUT2D eigenvalue weighted by molar-refractivity contribution is 0.115. The Bertz CT molecular complexity index is 314. The minimum Gasteiger partial charge on any atom is -0.388 e. The van der Waals surface area contributed by atoms with Crippen molar-refractivity contribution in [1.82, 2.24) is 0 Å². The first-order valence-electron chi connectivity index (χ1n) is 4.69. The number of halogens is 2. The first kappa shape index (κ1) is 12.0. The van der Waals surface area contributed by atoms with Crippen LogP contribution in [0.2, 0.25) is 5.02 Å². The van der Waals surface area contributed by atoms with Gasteiger partial charge in [0.15, 0.2) is 0 Å². The molecule has 0 amide bonds. The number of hydrogen-bond donors (Lipinski definition) is 1. The van der Waals surface area contributed by atoms with Crippen LogP contribution in [0.5, 0.6) is 0 Å². The Labute approximate surface area is 98.2 Å². The molecule has 0 aromatic heterocycles. The predicted molar refractivity (Wildman–Crippen MR) is 63.6 cm³/mol. The van der Waals surface area contributed by atoms with E-state index < -0.39 is 6.10 Å². The summed E-state index contributed by atoms with van der Waals surface area (Å²) in [6.07, 6.45) is 0.466. The maximum absolute atomic E-state index is 9.96. The predicted octanol–water partition coefficient (Wildman–Crippen LogP) is 4.18. The molecule has 1 nitrogen and oxygen atoms in total. The van der Waals surface area contributed by atoms with Crippen molar-refractivity contribution < 1.29 is 5.11 Å². The van der Waals surface area contributed by atoms with Crippen LogP contribution < -0.4 is 0 Å². The van der Waals surface area contributed by atoms with Crippen molar-refractivity contribution >= 4 is 27.5 Å². The van der Waals surface area contributed by atoms with E-state index in [0.717, 1.165) is 16.5 Å². The van der Waals surface area contributed by atoms with Crippen molar-refractivity contribution in [3.05, 3.63) is 33.3 Å². The highest BCUT2D eigenvalue weighted by atomic mass is 79.9. The summed E-state index contributed by atoms with van der Waals surface area (Å²) in [6.45, 7) is 4.07. The Morgan fingerprint density at radius 3 is 2.64 bits per heavy atom. The molecule has 2 atom stereocenters. The van der Waals surface area contributed by atoms with Gasteiger partial charge in [-0.3, -0.25) is 0 Å². The standard InChI is InChI=1S/C11H14BrClO/c1-3-7(2)11(14)9-5-4-8(12)6-10(9)13/h4-7,11,14H,3H2,1-2H3. The highest BCUT2D eigenvalue weighted by Gasteiger charge is 2.17. The molecule has 0 aliphatic heterocycles. The molecule has 1 rings (SSSR count). The van der Waals surface area contributed by atoms with Gasteiger partial charge in [0.05, 0.1) is 6.10 Å². The molecule has 1 aromatic carbocycles. The van der Waals surface area contributed by atoms with Crippen molar-refractivity contribution in [1.29, 1.82) is 0 Å². The molecule has 0 heterocycles. The summed E-state index contributed by atoms with van der Waals surface area (Å²) < 4.78 is 0.933. The number of aliphatic hydroxyl groups excluding tert-OH is 1. The average Bonchev–Trinajstić information content (AvgIpc) is 2.15. The van der Waals surface area contributed by atoms with Gasteiger partial charge in [0.25, 0.3) is 0 Å². The number of hydrogen-bond acceptors (Lipinski definition) is 1. The van der Waals surface area contributed by atoms with Crippen molar-refractivity contribution in [2.75, 3.05) is 0 Å². The van der Waals surface area contributed by atoms with Crippen LogP contribution in [0, 0.1) is 5.92 Å². The van der Waals surface area contributed by atoms with Crippen LogP contribution >= 0.6 is 27.5 Å². The molecule has 0 saturated carbocycles. The second-order valence-electron chi connectivity index (χ2n) is 3.50. The molecule has 0 fully saturated rings. The van der Waals surface area contributed by atoms with Gasteiger partial charge >= 0.3 is 0 Å². The number of aliphatic hydroxyl groups is 1. The van der Waals surface area contributed by atoms with Crippen LogP contribution in [0.15, 0.2) is 22.7 Å². The van der Waals surface area contributed by atoms with Crippen LogP contribution in [0.1, 0.15) is 31.9 Å². The van der Waals surface area contributed by atoms with Gasteiger partial charge in [0, 0.05) is 9.50 Å². The first-order chi connectivity index (χ1) is 6.56. The molecular formula is C11H14BrClO. The largest absolute Gasteiger partial charge is 0.388 e. The molecule has 0 saturated heterocycles. The molecule has 0 aliphatic rings. The molecule has 0 bridgehead atoms. The minimum absolute atomic E-state index is 0.230. The van der Waals surface area contributed by atoms with E-state index in [2.05, 4.69) is 22.9 Å². The quantitative estimate of drug-likeness (QED) is 0.878. The van der Waals surface area contributed by atoms with Crippen LogP contribution in [0.3, 0.4) is 0 Å². The summed E-state index contributed by atoms with van der Waals surface area (Å²) in [5, 5.41) is 10.6. The molecule has 0 spiro atoms. The van der Waals surface area contributed by atoms with E-state index in [9.17, 15) is 5.11 Å².